The SMILES string of the molecule is CCCC(CS)CN1CCC(C)C1CO. The minimum Gasteiger partial charge on any atom is -0.395 e. The van der Waals surface area contributed by atoms with Crippen molar-refractivity contribution in [2.24, 2.45) is 11.8 Å². The lowest BCUT2D eigenvalue weighted by molar-refractivity contribution is 0.126. The van der Waals surface area contributed by atoms with E-state index in [-0.39, 0.29) is 0 Å². The van der Waals surface area contributed by atoms with Crippen molar-refractivity contribution in [3.63, 3.8) is 0 Å². The number of rotatable bonds is 6. The van der Waals surface area contributed by atoms with Crippen LogP contribution < -0.4 is 0 Å². The van der Waals surface area contributed by atoms with Crippen LogP contribution in [0.15, 0.2) is 0 Å². The number of hydrogen-bond acceptors (Lipinski definition) is 3. The normalized spacial score (nSPS) is 29.6. The summed E-state index contributed by atoms with van der Waals surface area (Å²) in [7, 11) is 0. The Morgan fingerprint density at radius 1 is 1.53 bits per heavy atom. The lowest BCUT2D eigenvalue weighted by atomic mass is 10.0. The Hall–Kier alpha value is 0.270. The first-order valence-corrected chi connectivity index (χ1v) is 6.81. The van der Waals surface area contributed by atoms with Gasteiger partial charge >= 0.3 is 0 Å². The number of likely N-dealkylation sites (tertiary alicyclic amines) is 1. The summed E-state index contributed by atoms with van der Waals surface area (Å²) in [6.45, 7) is 7.06. The molecule has 0 bridgehead atoms. The minimum atomic E-state index is 0.312. The molecule has 2 nitrogen and oxygen atoms in total. The number of aliphatic hydroxyl groups is 1. The molecule has 1 saturated heterocycles. The third-order valence-corrected chi connectivity index (χ3v) is 4.15. The molecule has 1 aliphatic heterocycles. The molecular weight excluding hydrogens is 206 g/mol. The topological polar surface area (TPSA) is 23.5 Å². The van der Waals surface area contributed by atoms with Crippen LogP contribution >= 0.6 is 12.6 Å². The highest BCUT2D eigenvalue weighted by atomic mass is 32.1. The molecule has 1 N–H and O–H groups in total. The minimum absolute atomic E-state index is 0.312. The maximum Gasteiger partial charge on any atom is 0.0589 e. The van der Waals surface area contributed by atoms with Crippen LogP contribution in [0.1, 0.15) is 33.1 Å². The Labute approximate surface area is 99.5 Å². The zero-order valence-corrected chi connectivity index (χ0v) is 10.9. The van der Waals surface area contributed by atoms with Crippen LogP contribution in [0.2, 0.25) is 0 Å². The summed E-state index contributed by atoms with van der Waals surface area (Å²) in [6, 6.07) is 0.393. The van der Waals surface area contributed by atoms with Crippen molar-refractivity contribution in [2.45, 2.75) is 39.2 Å². The quantitative estimate of drug-likeness (QED) is 0.683. The molecule has 0 radical (unpaired) electrons. The summed E-state index contributed by atoms with van der Waals surface area (Å²) in [5.74, 6) is 2.31. The van der Waals surface area contributed by atoms with Crippen LogP contribution in [0.3, 0.4) is 0 Å². The second kappa shape index (κ2) is 6.77. The van der Waals surface area contributed by atoms with Gasteiger partial charge in [0.15, 0.2) is 0 Å². The van der Waals surface area contributed by atoms with E-state index in [9.17, 15) is 5.11 Å². The highest BCUT2D eigenvalue weighted by Crippen LogP contribution is 2.25. The zero-order valence-electron chi connectivity index (χ0n) is 10.0. The standard InChI is InChI=1S/C12H25NOS/c1-3-4-11(9-15)7-13-6-5-10(2)12(13)8-14/h10-12,14-15H,3-9H2,1-2H3. The molecule has 1 aliphatic rings. The monoisotopic (exact) mass is 231 g/mol. The molecule has 0 aromatic carbocycles. The molecule has 1 heterocycles. The highest BCUT2D eigenvalue weighted by Gasteiger charge is 2.31. The lowest BCUT2D eigenvalue weighted by Gasteiger charge is -2.28. The van der Waals surface area contributed by atoms with Gasteiger partial charge in [0.1, 0.15) is 0 Å². The van der Waals surface area contributed by atoms with Crippen molar-refractivity contribution in [3.05, 3.63) is 0 Å². The van der Waals surface area contributed by atoms with Gasteiger partial charge in [-0.25, -0.2) is 0 Å². The van der Waals surface area contributed by atoms with Crippen molar-refractivity contribution < 1.29 is 5.11 Å². The molecule has 3 atom stereocenters. The Kier molecular flexibility index (Phi) is 6.02. The summed E-state index contributed by atoms with van der Waals surface area (Å²) < 4.78 is 0. The van der Waals surface area contributed by atoms with E-state index in [0.29, 0.717) is 24.5 Å². The molecule has 90 valence electrons. The van der Waals surface area contributed by atoms with E-state index in [1.54, 1.807) is 0 Å². The van der Waals surface area contributed by atoms with Gasteiger partial charge in [0.2, 0.25) is 0 Å². The molecule has 0 aliphatic carbocycles. The first-order chi connectivity index (χ1) is 7.22. The van der Waals surface area contributed by atoms with Crippen molar-refractivity contribution in [2.75, 3.05) is 25.4 Å². The summed E-state index contributed by atoms with van der Waals surface area (Å²) in [5.41, 5.74) is 0. The molecule has 1 rings (SSSR count). The molecule has 15 heavy (non-hydrogen) atoms. The fourth-order valence-electron chi connectivity index (χ4n) is 2.59. The number of thiol groups is 1. The number of nitrogens with zero attached hydrogens (tertiary/aromatic N) is 1. The number of aliphatic hydroxyl groups excluding tert-OH is 1. The molecule has 3 heteroatoms. The van der Waals surface area contributed by atoms with Crippen molar-refractivity contribution in [3.8, 4) is 0 Å². The van der Waals surface area contributed by atoms with Crippen LogP contribution in [0.5, 0.6) is 0 Å². The van der Waals surface area contributed by atoms with Gasteiger partial charge in [-0.1, -0.05) is 20.3 Å². The molecule has 3 unspecified atom stereocenters. The second-order valence-electron chi connectivity index (χ2n) is 4.85. The largest absolute Gasteiger partial charge is 0.395 e. The predicted octanol–water partition coefficient (Wildman–Crippen LogP) is 2.04. The maximum atomic E-state index is 9.36. The van der Waals surface area contributed by atoms with E-state index in [2.05, 4.69) is 31.4 Å². The van der Waals surface area contributed by atoms with Gasteiger partial charge in [-0.3, -0.25) is 4.90 Å². The first kappa shape index (κ1) is 13.3. The summed E-state index contributed by atoms with van der Waals surface area (Å²) in [6.07, 6.45) is 3.72. The fourth-order valence-corrected chi connectivity index (χ4v) is 2.89. The van der Waals surface area contributed by atoms with Gasteiger partial charge in [-0.15, -0.1) is 0 Å². The van der Waals surface area contributed by atoms with Gasteiger partial charge in [-0.05, 0) is 37.0 Å². The summed E-state index contributed by atoms with van der Waals surface area (Å²) in [4.78, 5) is 2.46. The van der Waals surface area contributed by atoms with Crippen LogP contribution in [0.25, 0.3) is 0 Å². The zero-order chi connectivity index (χ0) is 11.3. The Morgan fingerprint density at radius 2 is 2.27 bits per heavy atom. The second-order valence-corrected chi connectivity index (χ2v) is 5.21. The van der Waals surface area contributed by atoms with Gasteiger partial charge in [0.25, 0.3) is 0 Å². The molecule has 0 aromatic rings. The van der Waals surface area contributed by atoms with Gasteiger partial charge in [-0.2, -0.15) is 12.6 Å². The fraction of sp³-hybridized carbons (Fsp3) is 1.00. The van der Waals surface area contributed by atoms with Crippen LogP contribution in [-0.2, 0) is 0 Å². The number of hydrogen-bond donors (Lipinski definition) is 2. The van der Waals surface area contributed by atoms with Crippen molar-refractivity contribution >= 4 is 12.6 Å². The van der Waals surface area contributed by atoms with E-state index < -0.39 is 0 Å². The van der Waals surface area contributed by atoms with Crippen molar-refractivity contribution in [1.82, 2.24) is 4.90 Å². The Bertz CT molecular complexity index is 177. The van der Waals surface area contributed by atoms with E-state index in [4.69, 9.17) is 0 Å². The van der Waals surface area contributed by atoms with Gasteiger partial charge < -0.3 is 5.11 Å². The van der Waals surface area contributed by atoms with Gasteiger partial charge in [0.05, 0.1) is 6.61 Å². The summed E-state index contributed by atoms with van der Waals surface area (Å²) in [5, 5.41) is 9.36. The predicted molar refractivity (Wildman–Crippen MR) is 68.5 cm³/mol. The van der Waals surface area contributed by atoms with E-state index in [1.165, 1.54) is 19.3 Å². The van der Waals surface area contributed by atoms with Crippen molar-refractivity contribution in [1.29, 1.82) is 0 Å². The molecule has 0 amide bonds. The first-order valence-electron chi connectivity index (χ1n) is 6.18. The average Bonchev–Trinajstić information content (AvgIpc) is 2.58. The van der Waals surface area contributed by atoms with Crippen LogP contribution in [0, 0.1) is 11.8 Å². The highest BCUT2D eigenvalue weighted by molar-refractivity contribution is 7.80. The molecule has 0 aromatic heterocycles. The Morgan fingerprint density at radius 3 is 2.80 bits per heavy atom. The smallest absolute Gasteiger partial charge is 0.0589 e. The maximum absolute atomic E-state index is 9.36. The molecule has 1 fully saturated rings. The summed E-state index contributed by atoms with van der Waals surface area (Å²) >= 11 is 4.41. The van der Waals surface area contributed by atoms with Gasteiger partial charge in [0, 0.05) is 12.6 Å². The third kappa shape index (κ3) is 3.65. The van der Waals surface area contributed by atoms with Crippen LogP contribution in [0.4, 0.5) is 0 Å². The molecular formula is C12H25NOS. The third-order valence-electron chi connectivity index (χ3n) is 3.63. The van der Waals surface area contributed by atoms with E-state index in [1.807, 2.05) is 0 Å². The Balaban J connectivity index is 2.42. The molecule has 0 spiro atoms. The van der Waals surface area contributed by atoms with E-state index >= 15 is 0 Å². The van der Waals surface area contributed by atoms with Crippen LogP contribution in [-0.4, -0.2) is 41.5 Å². The van der Waals surface area contributed by atoms with E-state index in [0.717, 1.165) is 18.8 Å². The average molecular weight is 231 g/mol. The molecule has 0 saturated carbocycles. The lowest BCUT2D eigenvalue weighted by Crippen LogP contribution is -2.38.